The number of rotatable bonds is 7. The van der Waals surface area contributed by atoms with Gasteiger partial charge in [0.1, 0.15) is 5.60 Å². The number of carbonyl (C=O) groups excluding carboxylic acids is 1. The number of thiazole rings is 1. The van der Waals surface area contributed by atoms with Gasteiger partial charge >= 0.3 is 6.09 Å². The maximum Gasteiger partial charge on any atom is 0.408 e. The molecule has 7 heteroatoms. The van der Waals surface area contributed by atoms with Crippen LogP contribution in [0.25, 0.3) is 22.4 Å². The number of anilines is 1. The molecule has 0 saturated heterocycles. The van der Waals surface area contributed by atoms with Gasteiger partial charge in [-0.25, -0.2) is 9.78 Å². The molecule has 32 heavy (non-hydrogen) atoms. The third kappa shape index (κ3) is 6.40. The third-order valence-electron chi connectivity index (χ3n) is 4.66. The predicted octanol–water partition coefficient (Wildman–Crippen LogP) is 6.35. The van der Waals surface area contributed by atoms with Crippen molar-refractivity contribution in [2.45, 2.75) is 46.3 Å². The first-order valence-electron chi connectivity index (χ1n) is 10.5. The summed E-state index contributed by atoms with van der Waals surface area (Å²) < 4.78 is 5.39. The van der Waals surface area contributed by atoms with Gasteiger partial charge in [0.15, 0.2) is 5.13 Å². The van der Waals surface area contributed by atoms with Crippen molar-refractivity contribution in [2.24, 2.45) is 5.92 Å². The Morgan fingerprint density at radius 2 is 1.78 bits per heavy atom. The number of ether oxygens (including phenoxy) is 1. The van der Waals surface area contributed by atoms with Crippen molar-refractivity contribution in [1.82, 2.24) is 15.3 Å². The quantitative estimate of drug-likeness (QED) is 0.439. The molecule has 6 nitrogen and oxygen atoms in total. The van der Waals surface area contributed by atoms with Crippen LogP contribution in [0.3, 0.4) is 0 Å². The average Bonchev–Trinajstić information content (AvgIpc) is 3.19. The van der Waals surface area contributed by atoms with Crippen LogP contribution in [0, 0.1) is 5.92 Å². The molecule has 1 atom stereocenters. The lowest BCUT2D eigenvalue weighted by atomic mass is 10.0. The summed E-state index contributed by atoms with van der Waals surface area (Å²) in [6.45, 7) is 13.7. The van der Waals surface area contributed by atoms with Crippen molar-refractivity contribution in [1.29, 1.82) is 0 Å². The van der Waals surface area contributed by atoms with Crippen LogP contribution in [0.1, 0.15) is 34.6 Å². The number of benzene rings is 1. The van der Waals surface area contributed by atoms with Crippen molar-refractivity contribution in [3.05, 3.63) is 66.4 Å². The molecule has 0 radical (unpaired) electrons. The summed E-state index contributed by atoms with van der Waals surface area (Å²) in [5.41, 5.74) is 4.23. The topological polar surface area (TPSA) is 76.1 Å². The monoisotopic (exact) mass is 450 g/mol. The lowest BCUT2D eigenvalue weighted by Gasteiger charge is -2.27. The minimum atomic E-state index is -0.560. The Morgan fingerprint density at radius 1 is 1.09 bits per heavy atom. The number of hydrogen-bond acceptors (Lipinski definition) is 6. The number of alkyl carbamates (subject to hydrolysis) is 1. The molecule has 2 heterocycles. The van der Waals surface area contributed by atoms with Crippen LogP contribution in [0.4, 0.5) is 9.93 Å². The van der Waals surface area contributed by atoms with Gasteiger partial charge < -0.3 is 15.4 Å². The molecule has 3 rings (SSSR count). The molecular weight excluding hydrogens is 420 g/mol. The average molecular weight is 451 g/mol. The van der Waals surface area contributed by atoms with Gasteiger partial charge in [-0.1, -0.05) is 38.6 Å². The second-order valence-electron chi connectivity index (χ2n) is 8.87. The van der Waals surface area contributed by atoms with E-state index in [1.54, 1.807) is 12.4 Å². The highest BCUT2D eigenvalue weighted by molar-refractivity contribution is 7.14. The van der Waals surface area contributed by atoms with Gasteiger partial charge in [0.25, 0.3) is 0 Å². The molecule has 0 aliphatic rings. The summed E-state index contributed by atoms with van der Waals surface area (Å²) in [5.74, 6) is 0.124. The Kier molecular flexibility index (Phi) is 7.30. The van der Waals surface area contributed by atoms with Crippen LogP contribution in [-0.4, -0.2) is 27.7 Å². The Labute approximate surface area is 193 Å². The molecule has 0 spiro atoms. The van der Waals surface area contributed by atoms with E-state index >= 15 is 0 Å². The van der Waals surface area contributed by atoms with Gasteiger partial charge in [0.05, 0.1) is 11.7 Å². The lowest BCUT2D eigenvalue weighted by molar-refractivity contribution is 0.0501. The zero-order valence-electron chi connectivity index (χ0n) is 19.2. The zero-order chi connectivity index (χ0) is 23.3. The fraction of sp³-hybridized carbons (Fsp3) is 0.320. The van der Waals surface area contributed by atoms with Crippen LogP contribution in [0.5, 0.6) is 0 Å². The number of carbonyl (C=O) groups is 1. The summed E-state index contributed by atoms with van der Waals surface area (Å²) in [4.78, 5) is 21.1. The third-order valence-corrected chi connectivity index (χ3v) is 5.42. The maximum atomic E-state index is 12.2. The second kappa shape index (κ2) is 9.96. The first-order valence-corrected chi connectivity index (χ1v) is 11.4. The molecule has 2 N–H and O–H groups in total. The van der Waals surface area contributed by atoms with E-state index in [4.69, 9.17) is 9.72 Å². The van der Waals surface area contributed by atoms with Crippen molar-refractivity contribution in [3.63, 3.8) is 0 Å². The van der Waals surface area contributed by atoms with E-state index in [0.29, 0.717) is 5.70 Å². The number of nitrogens with one attached hydrogen (secondary N) is 2. The second-order valence-corrected chi connectivity index (χ2v) is 9.73. The molecule has 2 aromatic heterocycles. The van der Waals surface area contributed by atoms with Crippen molar-refractivity contribution in [2.75, 3.05) is 5.32 Å². The molecule has 0 aliphatic heterocycles. The van der Waals surface area contributed by atoms with E-state index in [2.05, 4.69) is 34.3 Å². The molecule has 168 valence electrons. The zero-order valence-corrected chi connectivity index (χ0v) is 20.0. The first kappa shape index (κ1) is 23.5. The number of amides is 1. The highest BCUT2D eigenvalue weighted by atomic mass is 32.1. The summed E-state index contributed by atoms with van der Waals surface area (Å²) >= 11 is 1.50. The Morgan fingerprint density at radius 3 is 2.44 bits per heavy atom. The van der Waals surface area contributed by atoms with E-state index in [1.165, 1.54) is 11.3 Å². The Hall–Kier alpha value is -3.19. The van der Waals surface area contributed by atoms with Gasteiger partial charge in [-0.3, -0.25) is 4.98 Å². The van der Waals surface area contributed by atoms with Crippen molar-refractivity contribution < 1.29 is 9.53 Å². The molecule has 1 aromatic carbocycles. The Balaban J connectivity index is 1.71. The smallest absolute Gasteiger partial charge is 0.408 e. The van der Waals surface area contributed by atoms with Crippen molar-refractivity contribution in [3.8, 4) is 22.4 Å². The van der Waals surface area contributed by atoms with E-state index in [9.17, 15) is 4.79 Å². The summed E-state index contributed by atoms with van der Waals surface area (Å²) in [6, 6.07) is 11.9. The number of hydrogen-bond donors (Lipinski definition) is 2. The van der Waals surface area contributed by atoms with Gasteiger partial charge in [0, 0.05) is 29.0 Å². The molecular formula is C25H30N4O2S. The molecule has 3 aromatic rings. The summed E-state index contributed by atoms with van der Waals surface area (Å²) in [5, 5.41) is 8.89. The van der Waals surface area contributed by atoms with Crippen LogP contribution in [0.2, 0.25) is 0 Å². The Bertz CT molecular complexity index is 1070. The highest BCUT2D eigenvalue weighted by Crippen LogP contribution is 2.29. The van der Waals surface area contributed by atoms with E-state index in [1.807, 2.05) is 64.3 Å². The summed E-state index contributed by atoms with van der Waals surface area (Å²) in [7, 11) is 0. The maximum absolute atomic E-state index is 12.2. The van der Waals surface area contributed by atoms with E-state index < -0.39 is 11.7 Å². The normalized spacial score (nSPS) is 12.3. The summed E-state index contributed by atoms with van der Waals surface area (Å²) in [6.07, 6.45) is 3.11. The standard InChI is InChI=1S/C25H30N4O2S/c1-16(2)22(29-24(30)31-25(4,5)6)17(3)27-23-28-21(15-32-23)20-9-7-8-19(14-20)18-10-12-26-13-11-18/h7-16,22H,3H2,1-2,4-6H3,(H,27,28)(H,29,30). The molecule has 1 unspecified atom stereocenters. The number of aromatic nitrogens is 2. The largest absolute Gasteiger partial charge is 0.444 e. The molecule has 0 fully saturated rings. The van der Waals surface area contributed by atoms with Gasteiger partial charge in [-0.2, -0.15) is 0 Å². The number of pyridine rings is 1. The first-order chi connectivity index (χ1) is 15.1. The van der Waals surface area contributed by atoms with E-state index in [-0.39, 0.29) is 12.0 Å². The SMILES string of the molecule is C=C(Nc1nc(-c2cccc(-c3ccncc3)c2)cs1)C(NC(=O)OC(C)(C)C)C(C)C. The fourth-order valence-electron chi connectivity index (χ4n) is 3.17. The molecule has 0 bridgehead atoms. The minimum Gasteiger partial charge on any atom is -0.444 e. The van der Waals surface area contributed by atoms with Crippen molar-refractivity contribution >= 4 is 22.6 Å². The van der Waals surface area contributed by atoms with Crippen LogP contribution >= 0.6 is 11.3 Å². The predicted molar refractivity (Wildman–Crippen MR) is 132 cm³/mol. The van der Waals surface area contributed by atoms with Crippen LogP contribution in [0.15, 0.2) is 66.4 Å². The van der Waals surface area contributed by atoms with Gasteiger partial charge in [-0.05, 0) is 56.0 Å². The van der Waals surface area contributed by atoms with Gasteiger partial charge in [-0.15, -0.1) is 11.3 Å². The lowest BCUT2D eigenvalue weighted by Crippen LogP contribution is -2.44. The van der Waals surface area contributed by atoms with Crippen LogP contribution < -0.4 is 10.6 Å². The number of nitrogens with zero attached hydrogens (tertiary/aromatic N) is 2. The fourth-order valence-corrected chi connectivity index (χ4v) is 3.93. The van der Waals surface area contributed by atoms with Crippen LogP contribution in [-0.2, 0) is 4.74 Å². The van der Waals surface area contributed by atoms with E-state index in [0.717, 1.165) is 27.5 Å². The molecule has 0 aliphatic carbocycles. The minimum absolute atomic E-state index is 0.124. The molecule has 1 amide bonds. The van der Waals surface area contributed by atoms with Gasteiger partial charge in [0.2, 0.25) is 0 Å². The molecule has 0 saturated carbocycles. The highest BCUT2D eigenvalue weighted by Gasteiger charge is 2.24.